The van der Waals surface area contributed by atoms with E-state index in [0.717, 1.165) is 18.2 Å². The first-order valence-corrected chi connectivity index (χ1v) is 7.19. The zero-order chi connectivity index (χ0) is 18.0. The van der Waals surface area contributed by atoms with Gasteiger partial charge in [-0.2, -0.15) is 13.2 Å². The molecule has 128 valence electrons. The van der Waals surface area contributed by atoms with Crippen molar-refractivity contribution in [2.45, 2.75) is 6.18 Å². The Morgan fingerprint density at radius 3 is 2.32 bits per heavy atom. The van der Waals surface area contributed by atoms with Gasteiger partial charge in [-0.1, -0.05) is 18.2 Å². The molecule has 1 N–H and O–H groups in total. The fourth-order valence-electron chi connectivity index (χ4n) is 2.28. The lowest BCUT2D eigenvalue weighted by atomic mass is 10.1. The van der Waals surface area contributed by atoms with Gasteiger partial charge in [0.2, 0.25) is 0 Å². The predicted octanol–water partition coefficient (Wildman–Crippen LogP) is 5.79. The highest BCUT2D eigenvalue weighted by Gasteiger charge is 2.30. The van der Waals surface area contributed by atoms with Crippen LogP contribution in [0.25, 0.3) is 11.1 Å². The average Bonchev–Trinajstić information content (AvgIpc) is 2.58. The molecule has 0 aliphatic heterocycles. The second-order valence-electron chi connectivity index (χ2n) is 5.24. The zero-order valence-corrected chi connectivity index (χ0v) is 12.6. The van der Waals surface area contributed by atoms with Gasteiger partial charge in [0, 0.05) is 23.0 Å². The summed E-state index contributed by atoms with van der Waals surface area (Å²) in [7, 11) is 0. The highest BCUT2D eigenvalue weighted by Crippen LogP contribution is 2.31. The number of rotatable bonds is 3. The summed E-state index contributed by atoms with van der Waals surface area (Å²) < 4.78 is 65.2. The molecule has 0 amide bonds. The van der Waals surface area contributed by atoms with E-state index >= 15 is 0 Å². The summed E-state index contributed by atoms with van der Waals surface area (Å²) in [6.07, 6.45) is -3.13. The Kier molecular flexibility index (Phi) is 4.39. The van der Waals surface area contributed by atoms with E-state index in [4.69, 9.17) is 0 Å². The monoisotopic (exact) mass is 350 g/mol. The summed E-state index contributed by atoms with van der Waals surface area (Å²) in [5.74, 6) is -1.67. The van der Waals surface area contributed by atoms with E-state index in [1.54, 1.807) is 0 Å². The van der Waals surface area contributed by atoms with Crippen LogP contribution in [0, 0.1) is 11.6 Å². The predicted molar refractivity (Wildman–Crippen MR) is 84.3 cm³/mol. The Bertz CT molecular complexity index is 889. The van der Waals surface area contributed by atoms with Gasteiger partial charge in [-0.15, -0.1) is 0 Å². The second kappa shape index (κ2) is 6.51. The number of aromatic nitrogens is 1. The van der Waals surface area contributed by atoms with Gasteiger partial charge < -0.3 is 5.32 Å². The normalized spacial score (nSPS) is 11.4. The van der Waals surface area contributed by atoms with Crippen molar-refractivity contribution in [1.29, 1.82) is 0 Å². The molecule has 3 aromatic rings. The fourth-order valence-corrected chi connectivity index (χ4v) is 2.28. The van der Waals surface area contributed by atoms with Crippen molar-refractivity contribution in [3.05, 3.63) is 78.0 Å². The van der Waals surface area contributed by atoms with Gasteiger partial charge in [0.25, 0.3) is 0 Å². The highest BCUT2D eigenvalue weighted by molar-refractivity contribution is 5.66. The lowest BCUT2D eigenvalue weighted by molar-refractivity contribution is -0.137. The van der Waals surface area contributed by atoms with Crippen LogP contribution < -0.4 is 5.32 Å². The summed E-state index contributed by atoms with van der Waals surface area (Å²) in [5, 5.41) is 2.74. The van der Waals surface area contributed by atoms with Crippen molar-refractivity contribution in [1.82, 2.24) is 4.98 Å². The Balaban J connectivity index is 1.83. The molecule has 0 aliphatic carbocycles. The van der Waals surface area contributed by atoms with Crippen LogP contribution in [-0.4, -0.2) is 4.98 Å². The Hall–Kier alpha value is -2.96. The lowest BCUT2D eigenvalue weighted by Crippen LogP contribution is -2.05. The van der Waals surface area contributed by atoms with Crippen molar-refractivity contribution in [2.75, 3.05) is 5.32 Å². The molecule has 0 bridgehead atoms. The molecule has 1 heterocycles. The molecule has 1 aromatic heterocycles. The standard InChI is InChI=1S/C18H11F5N2/c19-15-6-2-5-14(17(15)20)11-7-8-16(24-10-11)25-13-4-1-3-12(9-13)18(21,22)23/h1-10H,(H,24,25). The van der Waals surface area contributed by atoms with Crippen LogP contribution in [0.1, 0.15) is 5.56 Å². The minimum atomic E-state index is -4.44. The maximum Gasteiger partial charge on any atom is 0.416 e. The van der Waals surface area contributed by atoms with Gasteiger partial charge in [0.15, 0.2) is 11.6 Å². The van der Waals surface area contributed by atoms with Crippen LogP contribution >= 0.6 is 0 Å². The van der Waals surface area contributed by atoms with Gasteiger partial charge >= 0.3 is 6.18 Å². The van der Waals surface area contributed by atoms with Crippen molar-refractivity contribution in [3.8, 4) is 11.1 Å². The number of hydrogen-bond donors (Lipinski definition) is 1. The third-order valence-electron chi connectivity index (χ3n) is 3.49. The molecule has 0 fully saturated rings. The minimum absolute atomic E-state index is 0.0538. The third-order valence-corrected chi connectivity index (χ3v) is 3.49. The average molecular weight is 350 g/mol. The van der Waals surface area contributed by atoms with Gasteiger partial charge in [0.05, 0.1) is 5.56 Å². The highest BCUT2D eigenvalue weighted by atomic mass is 19.4. The zero-order valence-electron chi connectivity index (χ0n) is 12.6. The molecular formula is C18H11F5N2. The van der Waals surface area contributed by atoms with Crippen LogP contribution in [0.2, 0.25) is 0 Å². The van der Waals surface area contributed by atoms with E-state index in [9.17, 15) is 22.0 Å². The number of alkyl halides is 3. The minimum Gasteiger partial charge on any atom is -0.340 e. The molecule has 0 radical (unpaired) electrons. The summed E-state index contributed by atoms with van der Waals surface area (Å²) in [5.41, 5.74) is -0.160. The molecular weight excluding hydrogens is 339 g/mol. The summed E-state index contributed by atoms with van der Waals surface area (Å²) >= 11 is 0. The van der Waals surface area contributed by atoms with Gasteiger partial charge in [0.1, 0.15) is 5.82 Å². The van der Waals surface area contributed by atoms with Gasteiger partial charge in [-0.25, -0.2) is 13.8 Å². The summed E-state index contributed by atoms with van der Waals surface area (Å²) in [4.78, 5) is 4.03. The Labute approximate surface area is 140 Å². The molecule has 0 saturated heterocycles. The number of pyridine rings is 1. The molecule has 2 nitrogen and oxygen atoms in total. The van der Waals surface area contributed by atoms with E-state index in [1.165, 1.54) is 42.6 Å². The van der Waals surface area contributed by atoms with Crippen molar-refractivity contribution >= 4 is 11.5 Å². The first kappa shape index (κ1) is 16.9. The SMILES string of the molecule is Fc1cccc(-c2ccc(Nc3cccc(C(F)(F)F)c3)nc2)c1F. The first-order valence-electron chi connectivity index (χ1n) is 7.19. The molecule has 7 heteroatoms. The van der Waals surface area contributed by atoms with E-state index in [1.807, 2.05) is 0 Å². The van der Waals surface area contributed by atoms with E-state index in [2.05, 4.69) is 10.3 Å². The third kappa shape index (κ3) is 3.76. The first-order chi connectivity index (χ1) is 11.8. The van der Waals surface area contributed by atoms with Crippen LogP contribution in [-0.2, 0) is 6.18 Å². The quantitative estimate of drug-likeness (QED) is 0.605. The van der Waals surface area contributed by atoms with E-state index in [0.29, 0.717) is 5.56 Å². The van der Waals surface area contributed by atoms with Gasteiger partial charge in [-0.3, -0.25) is 0 Å². The van der Waals surface area contributed by atoms with Crippen LogP contribution in [0.15, 0.2) is 60.8 Å². The molecule has 0 aliphatic rings. The summed E-state index contributed by atoms with van der Waals surface area (Å²) in [6.45, 7) is 0. The number of anilines is 2. The van der Waals surface area contributed by atoms with Crippen LogP contribution in [0.5, 0.6) is 0 Å². The Morgan fingerprint density at radius 1 is 0.880 bits per heavy atom. The van der Waals surface area contributed by atoms with Crippen molar-refractivity contribution in [3.63, 3.8) is 0 Å². The molecule has 3 rings (SSSR count). The topological polar surface area (TPSA) is 24.9 Å². The number of halogens is 5. The molecule has 0 spiro atoms. The largest absolute Gasteiger partial charge is 0.416 e. The summed E-state index contributed by atoms with van der Waals surface area (Å²) in [6, 6.07) is 11.4. The van der Waals surface area contributed by atoms with E-state index < -0.39 is 23.4 Å². The van der Waals surface area contributed by atoms with Gasteiger partial charge in [-0.05, 0) is 36.4 Å². The molecule has 0 atom stereocenters. The van der Waals surface area contributed by atoms with E-state index in [-0.39, 0.29) is 17.1 Å². The van der Waals surface area contributed by atoms with Crippen LogP contribution in [0.4, 0.5) is 33.5 Å². The number of nitrogens with zero attached hydrogens (tertiary/aromatic N) is 1. The maximum absolute atomic E-state index is 13.8. The molecule has 2 aromatic carbocycles. The molecule has 25 heavy (non-hydrogen) atoms. The molecule has 0 unspecified atom stereocenters. The molecule has 0 saturated carbocycles. The second-order valence-corrected chi connectivity index (χ2v) is 5.24. The van der Waals surface area contributed by atoms with Crippen LogP contribution in [0.3, 0.4) is 0 Å². The number of nitrogens with one attached hydrogen (secondary N) is 1. The maximum atomic E-state index is 13.8. The lowest BCUT2D eigenvalue weighted by Gasteiger charge is -2.10. The van der Waals surface area contributed by atoms with Crippen molar-refractivity contribution in [2.24, 2.45) is 0 Å². The fraction of sp³-hybridized carbons (Fsp3) is 0.0556. The number of benzene rings is 2. The number of hydrogen-bond acceptors (Lipinski definition) is 2. The van der Waals surface area contributed by atoms with Crippen molar-refractivity contribution < 1.29 is 22.0 Å². The smallest absolute Gasteiger partial charge is 0.340 e. The Morgan fingerprint density at radius 2 is 1.64 bits per heavy atom.